The maximum Gasteiger partial charge on any atom is 0.309 e. The van der Waals surface area contributed by atoms with Crippen LogP contribution >= 0.6 is 11.3 Å². The van der Waals surface area contributed by atoms with Crippen LogP contribution in [0, 0.1) is 5.82 Å². The molecule has 4 aromatic rings. The van der Waals surface area contributed by atoms with Gasteiger partial charge in [0.05, 0.1) is 18.4 Å². The van der Waals surface area contributed by atoms with Crippen LogP contribution in [0.5, 0.6) is 5.75 Å². The summed E-state index contributed by atoms with van der Waals surface area (Å²) < 4.78 is 20.8. The standard InChI is InChI=1S/C22H20FN5O3S/c1-31-16-6-4-5-14(11-16)12-25-21(30)20(29)24-10-9-15-13-32-22-26-19(27-28(15)22)17-7-2-3-8-18(17)23/h2-8,11,13H,9-10,12H2,1H3,(H,24,29)(H,25,30). The van der Waals surface area contributed by atoms with Crippen LogP contribution < -0.4 is 15.4 Å². The minimum atomic E-state index is -0.718. The normalized spacial score (nSPS) is 10.8. The minimum Gasteiger partial charge on any atom is -0.497 e. The lowest BCUT2D eigenvalue weighted by Gasteiger charge is -2.07. The Hall–Kier alpha value is -3.79. The van der Waals surface area contributed by atoms with Gasteiger partial charge < -0.3 is 15.4 Å². The maximum absolute atomic E-state index is 14.0. The summed E-state index contributed by atoms with van der Waals surface area (Å²) in [7, 11) is 1.56. The molecule has 2 aromatic heterocycles. The Kier molecular flexibility index (Phi) is 6.41. The largest absolute Gasteiger partial charge is 0.497 e. The molecule has 0 aliphatic heterocycles. The van der Waals surface area contributed by atoms with E-state index in [2.05, 4.69) is 20.7 Å². The lowest BCUT2D eigenvalue weighted by Crippen LogP contribution is -2.40. The number of hydrogen-bond acceptors (Lipinski definition) is 6. The quantitative estimate of drug-likeness (QED) is 0.419. The highest BCUT2D eigenvalue weighted by Gasteiger charge is 2.16. The van der Waals surface area contributed by atoms with E-state index in [4.69, 9.17) is 4.74 Å². The van der Waals surface area contributed by atoms with E-state index in [1.165, 1.54) is 17.4 Å². The van der Waals surface area contributed by atoms with Gasteiger partial charge in [0.15, 0.2) is 5.82 Å². The zero-order chi connectivity index (χ0) is 22.5. The summed E-state index contributed by atoms with van der Waals surface area (Å²) in [5.41, 5.74) is 1.95. The number of benzene rings is 2. The highest BCUT2D eigenvalue weighted by Crippen LogP contribution is 2.23. The predicted molar refractivity (Wildman–Crippen MR) is 118 cm³/mol. The van der Waals surface area contributed by atoms with Crippen molar-refractivity contribution >= 4 is 28.1 Å². The van der Waals surface area contributed by atoms with Gasteiger partial charge in [0.2, 0.25) is 4.96 Å². The molecule has 0 aliphatic rings. The molecule has 0 unspecified atom stereocenters. The van der Waals surface area contributed by atoms with Gasteiger partial charge in [-0.15, -0.1) is 16.4 Å². The Labute approximate surface area is 187 Å². The van der Waals surface area contributed by atoms with Crippen LogP contribution in [-0.4, -0.2) is 40.1 Å². The molecule has 0 fully saturated rings. The zero-order valence-corrected chi connectivity index (χ0v) is 18.0. The van der Waals surface area contributed by atoms with Crippen LogP contribution in [0.1, 0.15) is 11.3 Å². The van der Waals surface area contributed by atoms with E-state index in [1.807, 2.05) is 17.5 Å². The third kappa shape index (κ3) is 4.75. The molecule has 164 valence electrons. The Morgan fingerprint density at radius 2 is 1.94 bits per heavy atom. The first-order valence-electron chi connectivity index (χ1n) is 9.82. The lowest BCUT2D eigenvalue weighted by atomic mass is 10.2. The summed E-state index contributed by atoms with van der Waals surface area (Å²) in [5, 5.41) is 11.4. The molecule has 32 heavy (non-hydrogen) atoms. The fraction of sp³-hybridized carbons (Fsp3) is 0.182. The molecule has 10 heteroatoms. The molecule has 8 nitrogen and oxygen atoms in total. The van der Waals surface area contributed by atoms with Crippen molar-refractivity contribution in [2.45, 2.75) is 13.0 Å². The van der Waals surface area contributed by atoms with Crippen molar-refractivity contribution in [3.05, 3.63) is 71.0 Å². The SMILES string of the molecule is COc1cccc(CNC(=O)C(=O)NCCc2csc3nc(-c4ccccc4F)nn23)c1. The number of aromatic nitrogens is 3. The van der Waals surface area contributed by atoms with Gasteiger partial charge in [-0.1, -0.05) is 24.3 Å². The van der Waals surface area contributed by atoms with Crippen molar-refractivity contribution in [1.29, 1.82) is 0 Å². The number of amides is 2. The summed E-state index contributed by atoms with van der Waals surface area (Å²) in [6.07, 6.45) is 0.439. The maximum atomic E-state index is 14.0. The van der Waals surface area contributed by atoms with Crippen molar-refractivity contribution < 1.29 is 18.7 Å². The summed E-state index contributed by atoms with van der Waals surface area (Å²) in [5.74, 6) is -0.845. The molecule has 2 amide bonds. The van der Waals surface area contributed by atoms with Crippen molar-refractivity contribution in [3.63, 3.8) is 0 Å². The van der Waals surface area contributed by atoms with E-state index >= 15 is 0 Å². The van der Waals surface area contributed by atoms with E-state index in [1.54, 1.807) is 42.0 Å². The summed E-state index contributed by atoms with van der Waals surface area (Å²) in [6.45, 7) is 0.457. The Balaban J connectivity index is 1.31. The lowest BCUT2D eigenvalue weighted by molar-refractivity contribution is -0.139. The summed E-state index contributed by atoms with van der Waals surface area (Å²) >= 11 is 1.37. The zero-order valence-electron chi connectivity index (χ0n) is 17.2. The number of methoxy groups -OCH3 is 1. The van der Waals surface area contributed by atoms with Gasteiger partial charge in [-0.2, -0.15) is 4.98 Å². The second-order valence-electron chi connectivity index (χ2n) is 6.88. The summed E-state index contributed by atoms with van der Waals surface area (Å²) in [4.78, 5) is 29.1. The number of nitrogens with zero attached hydrogens (tertiary/aromatic N) is 3. The fourth-order valence-corrected chi connectivity index (χ4v) is 3.94. The van der Waals surface area contributed by atoms with Crippen molar-refractivity contribution in [3.8, 4) is 17.1 Å². The van der Waals surface area contributed by atoms with Crippen LogP contribution in [-0.2, 0) is 22.6 Å². The molecule has 0 saturated carbocycles. The average molecular weight is 453 g/mol. The van der Waals surface area contributed by atoms with Crippen molar-refractivity contribution in [1.82, 2.24) is 25.2 Å². The van der Waals surface area contributed by atoms with Crippen LogP contribution in [0.2, 0.25) is 0 Å². The van der Waals surface area contributed by atoms with E-state index < -0.39 is 11.8 Å². The Morgan fingerprint density at radius 3 is 2.75 bits per heavy atom. The molecule has 2 aromatic carbocycles. The van der Waals surface area contributed by atoms with Gasteiger partial charge in [-0.05, 0) is 29.8 Å². The first-order valence-corrected chi connectivity index (χ1v) is 10.7. The monoisotopic (exact) mass is 453 g/mol. The molecule has 0 bridgehead atoms. The molecule has 2 N–H and O–H groups in total. The first-order chi connectivity index (χ1) is 15.5. The third-order valence-corrected chi connectivity index (χ3v) is 5.59. The molecule has 2 heterocycles. The van der Waals surface area contributed by atoms with E-state index in [-0.39, 0.29) is 18.9 Å². The molecule has 0 aliphatic carbocycles. The smallest absolute Gasteiger partial charge is 0.309 e. The number of rotatable bonds is 7. The molecule has 0 spiro atoms. The number of carbonyl (C=O) groups excluding carboxylic acids is 2. The Morgan fingerprint density at radius 1 is 1.12 bits per heavy atom. The van der Waals surface area contributed by atoms with Gasteiger partial charge in [-0.25, -0.2) is 8.91 Å². The van der Waals surface area contributed by atoms with Gasteiger partial charge in [0, 0.05) is 24.9 Å². The molecular weight excluding hydrogens is 433 g/mol. The number of halogens is 1. The van der Waals surface area contributed by atoms with Crippen molar-refractivity contribution in [2.24, 2.45) is 0 Å². The van der Waals surface area contributed by atoms with Crippen molar-refractivity contribution in [2.75, 3.05) is 13.7 Å². The topological polar surface area (TPSA) is 97.6 Å². The van der Waals surface area contributed by atoms with Gasteiger partial charge in [0.25, 0.3) is 0 Å². The number of carbonyl (C=O) groups is 2. The Bertz CT molecular complexity index is 1270. The van der Waals surface area contributed by atoms with Crippen LogP contribution in [0.15, 0.2) is 53.9 Å². The first kappa shape index (κ1) is 21.4. The van der Waals surface area contributed by atoms with Gasteiger partial charge >= 0.3 is 11.8 Å². The second kappa shape index (κ2) is 9.56. The number of ether oxygens (including phenoxy) is 1. The highest BCUT2D eigenvalue weighted by molar-refractivity contribution is 7.15. The molecule has 4 rings (SSSR count). The molecular formula is C22H20FN5O3S. The predicted octanol–water partition coefficient (Wildman–Crippen LogP) is 2.58. The van der Waals surface area contributed by atoms with Gasteiger partial charge in [-0.3, -0.25) is 9.59 Å². The second-order valence-corrected chi connectivity index (χ2v) is 7.71. The van der Waals surface area contributed by atoms with E-state index in [9.17, 15) is 14.0 Å². The molecule has 0 atom stereocenters. The molecule has 0 saturated heterocycles. The third-order valence-electron chi connectivity index (χ3n) is 4.72. The highest BCUT2D eigenvalue weighted by atomic mass is 32.1. The van der Waals surface area contributed by atoms with E-state index in [0.29, 0.717) is 28.5 Å². The fourth-order valence-electron chi connectivity index (χ4n) is 3.08. The van der Waals surface area contributed by atoms with Crippen LogP contribution in [0.25, 0.3) is 16.3 Å². The summed E-state index contributed by atoms with van der Waals surface area (Å²) in [6, 6.07) is 13.5. The van der Waals surface area contributed by atoms with Crippen LogP contribution in [0.4, 0.5) is 4.39 Å². The van der Waals surface area contributed by atoms with Crippen LogP contribution in [0.3, 0.4) is 0 Å². The van der Waals surface area contributed by atoms with Gasteiger partial charge in [0.1, 0.15) is 11.6 Å². The number of hydrogen-bond donors (Lipinski definition) is 2. The number of fused-ring (bicyclic) bond motifs is 1. The van der Waals surface area contributed by atoms with E-state index in [0.717, 1.165) is 11.3 Å². The molecule has 0 radical (unpaired) electrons. The average Bonchev–Trinajstić information content (AvgIpc) is 3.39. The number of thiazole rings is 1. The minimum absolute atomic E-state index is 0.215. The number of nitrogens with one attached hydrogen (secondary N) is 2.